The molecule has 27 heavy (non-hydrogen) atoms. The SMILES string of the molecule is CO[C@@]12CCC(c3ccoc3)[C@@]1(C)CC[C@@H]1[C@H]2CCC2CC(O)CC[C@@]21C. The summed E-state index contributed by atoms with van der Waals surface area (Å²) in [5.74, 6) is 2.66. The van der Waals surface area contributed by atoms with E-state index in [4.69, 9.17) is 9.15 Å². The van der Waals surface area contributed by atoms with E-state index >= 15 is 0 Å². The van der Waals surface area contributed by atoms with E-state index in [9.17, 15) is 5.11 Å². The molecule has 0 amide bonds. The molecule has 0 aromatic carbocycles. The van der Waals surface area contributed by atoms with Gasteiger partial charge < -0.3 is 14.3 Å². The molecule has 1 N–H and O–H groups in total. The Morgan fingerprint density at radius 3 is 2.63 bits per heavy atom. The van der Waals surface area contributed by atoms with E-state index in [-0.39, 0.29) is 17.1 Å². The summed E-state index contributed by atoms with van der Waals surface area (Å²) in [5, 5.41) is 10.3. The molecular formula is C24H36O3. The van der Waals surface area contributed by atoms with Gasteiger partial charge >= 0.3 is 0 Å². The molecule has 4 saturated carbocycles. The van der Waals surface area contributed by atoms with Gasteiger partial charge in [0.15, 0.2) is 0 Å². The first kappa shape index (κ1) is 18.2. The van der Waals surface area contributed by atoms with Crippen LogP contribution in [0, 0.1) is 28.6 Å². The van der Waals surface area contributed by atoms with Crippen molar-refractivity contribution in [2.24, 2.45) is 28.6 Å². The number of hydrogen-bond acceptors (Lipinski definition) is 3. The summed E-state index contributed by atoms with van der Waals surface area (Å²) in [4.78, 5) is 0. The normalized spacial score (nSPS) is 52.1. The van der Waals surface area contributed by atoms with E-state index in [2.05, 4.69) is 19.9 Å². The third-order valence-corrected chi connectivity index (χ3v) is 10.1. The monoisotopic (exact) mass is 372 g/mol. The van der Waals surface area contributed by atoms with Gasteiger partial charge in [0, 0.05) is 12.5 Å². The lowest BCUT2D eigenvalue weighted by Crippen LogP contribution is -2.62. The van der Waals surface area contributed by atoms with E-state index in [1.807, 2.05) is 19.6 Å². The summed E-state index contributed by atoms with van der Waals surface area (Å²) in [5.41, 5.74) is 1.96. The molecule has 0 radical (unpaired) electrons. The first-order valence-electron chi connectivity index (χ1n) is 11.2. The van der Waals surface area contributed by atoms with Crippen LogP contribution in [0.4, 0.5) is 0 Å². The molecular weight excluding hydrogens is 336 g/mol. The number of fused-ring (bicyclic) bond motifs is 5. The molecule has 4 fully saturated rings. The third-order valence-electron chi connectivity index (χ3n) is 10.1. The van der Waals surface area contributed by atoms with Crippen molar-refractivity contribution in [3.8, 4) is 0 Å². The molecule has 1 aromatic rings. The highest BCUT2D eigenvalue weighted by atomic mass is 16.5. The highest BCUT2D eigenvalue weighted by Crippen LogP contribution is 2.71. The standard InChI is InChI=1S/C24H36O3/c1-22-10-6-18(25)14-17(22)4-5-21-20(22)7-11-23(2)19(16-9-13-27-15-16)8-12-24(21,23)26-3/h9,13,15,17-21,25H,4-8,10-12,14H2,1-3H3/t17?,18?,19?,20-,21-,22+,23-,24-/m1/s1. The Hall–Kier alpha value is -0.800. The molecule has 3 nitrogen and oxygen atoms in total. The van der Waals surface area contributed by atoms with Gasteiger partial charge in [0.2, 0.25) is 0 Å². The van der Waals surface area contributed by atoms with Crippen LogP contribution in [0.5, 0.6) is 0 Å². The molecule has 5 rings (SSSR count). The minimum Gasteiger partial charge on any atom is -0.472 e. The molecule has 1 aromatic heterocycles. The topological polar surface area (TPSA) is 42.6 Å². The smallest absolute Gasteiger partial charge is 0.0937 e. The van der Waals surface area contributed by atoms with E-state index in [0.717, 1.165) is 18.8 Å². The van der Waals surface area contributed by atoms with Crippen molar-refractivity contribution in [1.82, 2.24) is 0 Å². The van der Waals surface area contributed by atoms with E-state index in [1.165, 1.54) is 50.5 Å². The lowest BCUT2D eigenvalue weighted by atomic mass is 9.43. The second kappa shape index (κ2) is 6.10. The number of furan rings is 1. The molecule has 150 valence electrons. The molecule has 0 saturated heterocycles. The van der Waals surface area contributed by atoms with Gasteiger partial charge in [-0.15, -0.1) is 0 Å². The molecule has 0 aliphatic heterocycles. The van der Waals surface area contributed by atoms with Gasteiger partial charge in [0.05, 0.1) is 24.2 Å². The summed E-state index contributed by atoms with van der Waals surface area (Å²) in [6, 6.07) is 2.18. The van der Waals surface area contributed by atoms with Crippen LogP contribution < -0.4 is 0 Å². The maximum atomic E-state index is 10.3. The van der Waals surface area contributed by atoms with Crippen molar-refractivity contribution >= 4 is 0 Å². The fraction of sp³-hybridized carbons (Fsp3) is 0.833. The second-order valence-electron chi connectivity index (χ2n) is 10.6. The quantitative estimate of drug-likeness (QED) is 0.741. The maximum absolute atomic E-state index is 10.3. The van der Waals surface area contributed by atoms with Crippen LogP contribution in [0.3, 0.4) is 0 Å². The van der Waals surface area contributed by atoms with Crippen LogP contribution >= 0.6 is 0 Å². The predicted molar refractivity (Wildman–Crippen MR) is 105 cm³/mol. The van der Waals surface area contributed by atoms with Crippen LogP contribution in [-0.4, -0.2) is 23.9 Å². The molecule has 3 unspecified atom stereocenters. The zero-order valence-corrected chi connectivity index (χ0v) is 17.2. The molecule has 4 aliphatic rings. The minimum atomic E-state index is -0.0678. The number of methoxy groups -OCH3 is 1. The zero-order valence-electron chi connectivity index (χ0n) is 17.2. The first-order valence-corrected chi connectivity index (χ1v) is 11.2. The summed E-state index contributed by atoms with van der Waals surface area (Å²) in [7, 11) is 1.98. The van der Waals surface area contributed by atoms with Crippen LogP contribution in [0.2, 0.25) is 0 Å². The number of aliphatic hydroxyl groups is 1. The van der Waals surface area contributed by atoms with Crippen molar-refractivity contribution in [1.29, 1.82) is 0 Å². The fourth-order valence-electron chi connectivity index (χ4n) is 8.67. The summed E-state index contributed by atoms with van der Waals surface area (Å²) in [6.07, 6.45) is 14.5. The van der Waals surface area contributed by atoms with Crippen molar-refractivity contribution in [3.05, 3.63) is 24.2 Å². The fourth-order valence-corrected chi connectivity index (χ4v) is 8.67. The van der Waals surface area contributed by atoms with Crippen LogP contribution in [0.15, 0.2) is 23.0 Å². The van der Waals surface area contributed by atoms with E-state index in [0.29, 0.717) is 23.2 Å². The summed E-state index contributed by atoms with van der Waals surface area (Å²) >= 11 is 0. The Morgan fingerprint density at radius 1 is 1.04 bits per heavy atom. The Morgan fingerprint density at radius 2 is 1.89 bits per heavy atom. The Labute approximate surface area is 163 Å². The molecule has 8 atom stereocenters. The molecule has 3 heteroatoms. The lowest BCUT2D eigenvalue weighted by molar-refractivity contribution is -0.218. The largest absolute Gasteiger partial charge is 0.472 e. The predicted octanol–water partition coefficient (Wildman–Crippen LogP) is 5.54. The van der Waals surface area contributed by atoms with Crippen molar-refractivity contribution in [2.75, 3.05) is 7.11 Å². The van der Waals surface area contributed by atoms with Crippen LogP contribution in [0.1, 0.15) is 83.1 Å². The number of aliphatic hydroxyl groups excluding tert-OH is 1. The molecule has 0 spiro atoms. The van der Waals surface area contributed by atoms with Gasteiger partial charge in [0.1, 0.15) is 0 Å². The number of ether oxygens (including phenoxy) is 1. The highest BCUT2D eigenvalue weighted by molar-refractivity contribution is 5.27. The Kier molecular flexibility index (Phi) is 4.12. The minimum absolute atomic E-state index is 0.00188. The average molecular weight is 373 g/mol. The first-order chi connectivity index (χ1) is 12.9. The second-order valence-corrected chi connectivity index (χ2v) is 10.6. The van der Waals surface area contributed by atoms with Crippen LogP contribution in [0.25, 0.3) is 0 Å². The van der Waals surface area contributed by atoms with Crippen molar-refractivity contribution in [3.63, 3.8) is 0 Å². The maximum Gasteiger partial charge on any atom is 0.0937 e. The number of rotatable bonds is 2. The third kappa shape index (κ3) is 2.28. The van der Waals surface area contributed by atoms with E-state index in [1.54, 1.807) is 0 Å². The molecule has 0 bridgehead atoms. The summed E-state index contributed by atoms with van der Waals surface area (Å²) in [6.45, 7) is 5.06. The van der Waals surface area contributed by atoms with Crippen molar-refractivity contribution in [2.45, 2.75) is 89.3 Å². The van der Waals surface area contributed by atoms with Crippen LogP contribution in [-0.2, 0) is 4.74 Å². The van der Waals surface area contributed by atoms with Gasteiger partial charge in [-0.3, -0.25) is 0 Å². The lowest BCUT2D eigenvalue weighted by Gasteiger charge is -2.64. The van der Waals surface area contributed by atoms with Gasteiger partial charge in [-0.1, -0.05) is 13.8 Å². The molecule has 4 aliphatic carbocycles. The Bertz CT molecular complexity index is 684. The average Bonchev–Trinajstić information content (AvgIpc) is 3.27. The highest BCUT2D eigenvalue weighted by Gasteiger charge is 2.68. The van der Waals surface area contributed by atoms with Gasteiger partial charge in [-0.05, 0) is 98.5 Å². The van der Waals surface area contributed by atoms with Crippen molar-refractivity contribution < 1.29 is 14.3 Å². The van der Waals surface area contributed by atoms with Gasteiger partial charge in [-0.25, -0.2) is 0 Å². The van der Waals surface area contributed by atoms with E-state index < -0.39 is 0 Å². The van der Waals surface area contributed by atoms with Gasteiger partial charge in [0.25, 0.3) is 0 Å². The summed E-state index contributed by atoms with van der Waals surface area (Å²) < 4.78 is 12.0. The zero-order chi connectivity index (χ0) is 18.9. The Balaban J connectivity index is 1.52. The van der Waals surface area contributed by atoms with Gasteiger partial charge in [-0.2, -0.15) is 0 Å². The number of hydrogen-bond donors (Lipinski definition) is 1. The molecule has 1 heterocycles.